The van der Waals surface area contributed by atoms with E-state index in [1.165, 1.54) is 7.11 Å². The molecule has 0 bridgehead atoms. The number of nitriles is 1. The van der Waals surface area contributed by atoms with Crippen molar-refractivity contribution in [2.45, 2.75) is 6.42 Å². The van der Waals surface area contributed by atoms with E-state index in [1.807, 2.05) is 30.3 Å². The summed E-state index contributed by atoms with van der Waals surface area (Å²) >= 11 is 5.91. The van der Waals surface area contributed by atoms with Crippen molar-refractivity contribution in [3.63, 3.8) is 0 Å². The number of methoxy groups -OCH3 is 1. The molecule has 4 nitrogen and oxygen atoms in total. The van der Waals surface area contributed by atoms with Gasteiger partial charge in [0.25, 0.3) is 0 Å². The number of hydrogen-bond donors (Lipinski definition) is 0. The van der Waals surface area contributed by atoms with Gasteiger partial charge in [0.05, 0.1) is 25.2 Å². The summed E-state index contributed by atoms with van der Waals surface area (Å²) in [5.41, 5.74) is 2.86. The number of rotatable bonds is 6. The molecule has 0 spiro atoms. The Hall–Kier alpha value is -3.55. The number of nitrogens with zero attached hydrogens (tertiary/aromatic N) is 1. The van der Waals surface area contributed by atoms with Crippen LogP contribution in [0.2, 0.25) is 5.02 Å². The van der Waals surface area contributed by atoms with Crippen LogP contribution >= 0.6 is 11.6 Å². The molecule has 3 aromatic rings. The van der Waals surface area contributed by atoms with Crippen molar-refractivity contribution in [1.29, 1.82) is 5.26 Å². The highest BCUT2D eigenvalue weighted by Gasteiger charge is 2.12. The second kappa shape index (κ2) is 9.59. The number of esters is 1. The van der Waals surface area contributed by atoms with Crippen LogP contribution in [0.5, 0.6) is 11.5 Å². The fourth-order valence-corrected chi connectivity index (χ4v) is 2.88. The normalized spacial score (nSPS) is 10.9. The number of allylic oxidation sites excluding steroid dienone is 1. The smallest absolute Gasteiger partial charge is 0.315 e. The van der Waals surface area contributed by atoms with E-state index in [4.69, 9.17) is 21.1 Å². The third-order valence-electron chi connectivity index (χ3n) is 4.19. The Morgan fingerprint density at radius 3 is 2.41 bits per heavy atom. The fraction of sp³-hybridized carbons (Fsp3) is 0.0833. The number of benzene rings is 3. The summed E-state index contributed by atoms with van der Waals surface area (Å²) in [6.07, 6.45) is 1.90. The number of halogens is 1. The van der Waals surface area contributed by atoms with Crippen molar-refractivity contribution in [3.05, 3.63) is 94.5 Å². The number of carbonyl (C=O) groups is 1. The minimum Gasteiger partial charge on any atom is -0.493 e. The maximum atomic E-state index is 12.2. The van der Waals surface area contributed by atoms with Crippen LogP contribution in [0, 0.1) is 11.3 Å². The predicted molar refractivity (Wildman–Crippen MR) is 114 cm³/mol. The quantitative estimate of drug-likeness (QED) is 0.234. The summed E-state index contributed by atoms with van der Waals surface area (Å²) in [7, 11) is 1.50. The second-order valence-electron chi connectivity index (χ2n) is 6.22. The van der Waals surface area contributed by atoms with Gasteiger partial charge in [-0.05, 0) is 47.0 Å². The summed E-state index contributed by atoms with van der Waals surface area (Å²) < 4.78 is 10.8. The van der Waals surface area contributed by atoms with E-state index in [0.717, 1.165) is 16.7 Å². The highest BCUT2D eigenvalue weighted by atomic mass is 35.5. The van der Waals surface area contributed by atoms with Gasteiger partial charge in [0.1, 0.15) is 0 Å². The largest absolute Gasteiger partial charge is 0.493 e. The highest BCUT2D eigenvalue weighted by Crippen LogP contribution is 2.30. The van der Waals surface area contributed by atoms with Crippen LogP contribution in [0.3, 0.4) is 0 Å². The van der Waals surface area contributed by atoms with E-state index >= 15 is 0 Å². The molecule has 0 fully saturated rings. The van der Waals surface area contributed by atoms with E-state index in [1.54, 1.807) is 48.5 Å². The molecule has 0 saturated heterocycles. The van der Waals surface area contributed by atoms with E-state index in [9.17, 15) is 10.1 Å². The first-order valence-corrected chi connectivity index (χ1v) is 9.27. The first-order chi connectivity index (χ1) is 14.1. The Kier molecular flexibility index (Phi) is 6.67. The molecule has 0 amide bonds. The SMILES string of the molecule is COc1cc(C=C(C#N)c2ccc(Cl)cc2)ccc1OC(=O)Cc1ccccc1. The van der Waals surface area contributed by atoms with Crippen LogP contribution in [0.25, 0.3) is 11.6 Å². The second-order valence-corrected chi connectivity index (χ2v) is 6.66. The number of ether oxygens (including phenoxy) is 2. The molecule has 0 aromatic heterocycles. The molecule has 0 radical (unpaired) electrons. The van der Waals surface area contributed by atoms with E-state index in [0.29, 0.717) is 22.1 Å². The topological polar surface area (TPSA) is 59.3 Å². The molecule has 0 N–H and O–H groups in total. The van der Waals surface area contributed by atoms with Gasteiger partial charge in [0.15, 0.2) is 11.5 Å². The standard InChI is InChI=1S/C24H18ClNO3/c1-28-23-14-18(13-20(16-26)19-8-10-21(25)11-9-19)7-12-22(23)29-24(27)15-17-5-3-2-4-6-17/h2-14H,15H2,1H3. The van der Waals surface area contributed by atoms with Gasteiger partial charge in [-0.15, -0.1) is 0 Å². The molecule has 5 heteroatoms. The minimum atomic E-state index is -0.378. The lowest BCUT2D eigenvalue weighted by atomic mass is 10.0. The van der Waals surface area contributed by atoms with Crippen molar-refractivity contribution in [3.8, 4) is 17.6 Å². The fourth-order valence-electron chi connectivity index (χ4n) is 2.76. The van der Waals surface area contributed by atoms with Crippen molar-refractivity contribution >= 4 is 29.2 Å². The Morgan fingerprint density at radius 1 is 1.03 bits per heavy atom. The first-order valence-electron chi connectivity index (χ1n) is 8.89. The van der Waals surface area contributed by atoms with E-state index < -0.39 is 0 Å². The third-order valence-corrected chi connectivity index (χ3v) is 4.44. The van der Waals surface area contributed by atoms with Gasteiger partial charge in [-0.3, -0.25) is 4.79 Å². The summed E-state index contributed by atoms with van der Waals surface area (Å²) in [6.45, 7) is 0. The van der Waals surface area contributed by atoms with Crippen molar-refractivity contribution < 1.29 is 14.3 Å². The molecule has 0 aliphatic heterocycles. The van der Waals surface area contributed by atoms with E-state index in [-0.39, 0.29) is 12.4 Å². The van der Waals surface area contributed by atoms with Crippen LogP contribution in [-0.2, 0) is 11.2 Å². The number of carbonyl (C=O) groups excluding carboxylic acids is 1. The highest BCUT2D eigenvalue weighted by molar-refractivity contribution is 6.30. The predicted octanol–water partition coefficient (Wildman–Crippen LogP) is 5.56. The molecule has 0 heterocycles. The molecule has 144 valence electrons. The lowest BCUT2D eigenvalue weighted by Gasteiger charge is -2.10. The molecule has 0 aliphatic carbocycles. The maximum Gasteiger partial charge on any atom is 0.315 e. The van der Waals surface area contributed by atoms with Gasteiger partial charge in [0.2, 0.25) is 0 Å². The Balaban J connectivity index is 1.80. The molecule has 3 rings (SSSR count). The van der Waals surface area contributed by atoms with Crippen LogP contribution in [-0.4, -0.2) is 13.1 Å². The van der Waals surface area contributed by atoms with Crippen molar-refractivity contribution in [1.82, 2.24) is 0 Å². The van der Waals surface area contributed by atoms with Gasteiger partial charge in [0, 0.05) is 5.02 Å². The maximum absolute atomic E-state index is 12.2. The minimum absolute atomic E-state index is 0.167. The summed E-state index contributed by atoms with van der Waals surface area (Å²) in [6, 6.07) is 23.7. The van der Waals surface area contributed by atoms with Crippen LogP contribution < -0.4 is 9.47 Å². The Morgan fingerprint density at radius 2 is 1.76 bits per heavy atom. The van der Waals surface area contributed by atoms with Gasteiger partial charge >= 0.3 is 5.97 Å². The lowest BCUT2D eigenvalue weighted by molar-refractivity contribution is -0.133. The molecule has 0 unspecified atom stereocenters. The lowest BCUT2D eigenvalue weighted by Crippen LogP contribution is -2.11. The van der Waals surface area contributed by atoms with Crippen molar-refractivity contribution in [2.75, 3.05) is 7.11 Å². The Labute approximate surface area is 174 Å². The first kappa shape index (κ1) is 20.2. The third kappa shape index (κ3) is 5.47. The zero-order chi connectivity index (χ0) is 20.6. The van der Waals surface area contributed by atoms with Crippen molar-refractivity contribution in [2.24, 2.45) is 0 Å². The molecular formula is C24H18ClNO3. The molecule has 29 heavy (non-hydrogen) atoms. The summed E-state index contributed by atoms with van der Waals surface area (Å²) in [4.78, 5) is 12.2. The average molecular weight is 404 g/mol. The van der Waals surface area contributed by atoms with E-state index in [2.05, 4.69) is 6.07 Å². The monoisotopic (exact) mass is 403 g/mol. The zero-order valence-corrected chi connectivity index (χ0v) is 16.5. The molecular weight excluding hydrogens is 386 g/mol. The van der Waals surface area contributed by atoms with Crippen LogP contribution in [0.1, 0.15) is 16.7 Å². The average Bonchev–Trinajstić information content (AvgIpc) is 2.74. The van der Waals surface area contributed by atoms with Gasteiger partial charge in [-0.2, -0.15) is 5.26 Å². The molecule has 0 saturated carbocycles. The van der Waals surface area contributed by atoms with Gasteiger partial charge in [-0.1, -0.05) is 60.1 Å². The Bertz CT molecular complexity index is 1070. The summed E-state index contributed by atoms with van der Waals surface area (Å²) in [5, 5.41) is 10.1. The van der Waals surface area contributed by atoms with Crippen LogP contribution in [0.15, 0.2) is 72.8 Å². The molecule has 3 aromatic carbocycles. The van der Waals surface area contributed by atoms with Crippen LogP contribution in [0.4, 0.5) is 0 Å². The van der Waals surface area contributed by atoms with Gasteiger partial charge in [-0.25, -0.2) is 0 Å². The summed E-state index contributed by atoms with van der Waals surface area (Å²) in [5.74, 6) is 0.362. The van der Waals surface area contributed by atoms with Gasteiger partial charge < -0.3 is 9.47 Å². The number of hydrogen-bond acceptors (Lipinski definition) is 4. The molecule has 0 aliphatic rings. The zero-order valence-electron chi connectivity index (χ0n) is 15.8. The molecule has 0 atom stereocenters.